The molecule has 5 heteroatoms. The molecule has 5 nitrogen and oxygen atoms in total. The Morgan fingerprint density at radius 2 is 2.00 bits per heavy atom. The maximum atomic E-state index is 12.3. The molecule has 0 N–H and O–H groups in total. The number of carbonyl (C=O) groups is 2. The molecule has 1 atom stereocenters. The van der Waals surface area contributed by atoms with Gasteiger partial charge in [-0.1, -0.05) is 18.6 Å². The Labute approximate surface area is 130 Å². The fourth-order valence-electron chi connectivity index (χ4n) is 3.06. The summed E-state index contributed by atoms with van der Waals surface area (Å²) in [5.74, 6) is 0.0727. The standard InChI is InChI=1S/C17H21NO4/c1-12-17(20)18(14-9-5-6-10-15(14)21-12)11-16(19)22-13-7-3-2-4-8-13/h5-6,9-10,12-13H,2-4,7-8,11H2,1H3. The lowest BCUT2D eigenvalue weighted by Crippen LogP contribution is -2.47. The maximum Gasteiger partial charge on any atom is 0.326 e. The summed E-state index contributed by atoms with van der Waals surface area (Å²) in [6.45, 7) is 1.64. The molecule has 2 aliphatic rings. The highest BCUT2D eigenvalue weighted by molar-refractivity contribution is 6.02. The van der Waals surface area contributed by atoms with Crippen molar-refractivity contribution in [3.63, 3.8) is 0 Å². The maximum absolute atomic E-state index is 12.3. The summed E-state index contributed by atoms with van der Waals surface area (Å²) in [6.07, 6.45) is 4.69. The second-order valence-electron chi connectivity index (χ2n) is 5.90. The highest BCUT2D eigenvalue weighted by Gasteiger charge is 2.33. The number of nitrogens with zero attached hydrogens (tertiary/aromatic N) is 1. The van der Waals surface area contributed by atoms with Crippen molar-refractivity contribution in [2.24, 2.45) is 0 Å². The van der Waals surface area contributed by atoms with Crippen molar-refractivity contribution in [1.82, 2.24) is 0 Å². The molecule has 0 saturated heterocycles. The molecule has 1 fully saturated rings. The van der Waals surface area contributed by atoms with Gasteiger partial charge in [-0.15, -0.1) is 0 Å². The van der Waals surface area contributed by atoms with Crippen molar-refractivity contribution in [3.05, 3.63) is 24.3 Å². The molecule has 118 valence electrons. The number of hydrogen-bond donors (Lipinski definition) is 0. The van der Waals surface area contributed by atoms with E-state index in [4.69, 9.17) is 9.47 Å². The Morgan fingerprint density at radius 1 is 1.27 bits per heavy atom. The number of fused-ring (bicyclic) bond motifs is 1. The van der Waals surface area contributed by atoms with Gasteiger partial charge in [-0.05, 0) is 44.7 Å². The molecule has 1 aromatic rings. The van der Waals surface area contributed by atoms with Crippen LogP contribution in [0.1, 0.15) is 39.0 Å². The molecule has 22 heavy (non-hydrogen) atoms. The van der Waals surface area contributed by atoms with Crippen LogP contribution in [0, 0.1) is 0 Å². The first-order chi connectivity index (χ1) is 10.6. The summed E-state index contributed by atoms with van der Waals surface area (Å²) in [4.78, 5) is 26.0. The summed E-state index contributed by atoms with van der Waals surface area (Å²) in [7, 11) is 0. The van der Waals surface area contributed by atoms with Gasteiger partial charge in [-0.2, -0.15) is 0 Å². The molecule has 1 heterocycles. The molecule has 1 aliphatic heterocycles. The highest BCUT2D eigenvalue weighted by atomic mass is 16.5. The van der Waals surface area contributed by atoms with E-state index in [0.29, 0.717) is 11.4 Å². The lowest BCUT2D eigenvalue weighted by atomic mass is 9.98. The van der Waals surface area contributed by atoms with E-state index in [1.807, 2.05) is 12.1 Å². The minimum atomic E-state index is -0.586. The number of esters is 1. The molecule has 3 rings (SSSR count). The van der Waals surface area contributed by atoms with Crippen molar-refractivity contribution >= 4 is 17.6 Å². The zero-order chi connectivity index (χ0) is 15.5. The summed E-state index contributed by atoms with van der Waals surface area (Å²) in [6, 6.07) is 7.26. The molecule has 0 bridgehead atoms. The van der Waals surface area contributed by atoms with Gasteiger partial charge in [-0.3, -0.25) is 14.5 Å². The molecule has 1 amide bonds. The second kappa shape index (κ2) is 6.38. The second-order valence-corrected chi connectivity index (χ2v) is 5.90. The Kier molecular flexibility index (Phi) is 4.32. The van der Waals surface area contributed by atoms with Crippen molar-refractivity contribution < 1.29 is 19.1 Å². The summed E-state index contributed by atoms with van der Waals surface area (Å²) in [5.41, 5.74) is 0.631. The van der Waals surface area contributed by atoms with E-state index in [1.165, 1.54) is 11.3 Å². The van der Waals surface area contributed by atoms with Crippen LogP contribution >= 0.6 is 0 Å². The van der Waals surface area contributed by atoms with Gasteiger partial charge in [-0.25, -0.2) is 0 Å². The fourth-order valence-corrected chi connectivity index (χ4v) is 3.06. The zero-order valence-corrected chi connectivity index (χ0v) is 12.8. The third kappa shape index (κ3) is 3.08. The van der Waals surface area contributed by atoms with Gasteiger partial charge in [0.25, 0.3) is 5.91 Å². The predicted molar refractivity (Wildman–Crippen MR) is 81.9 cm³/mol. The summed E-state index contributed by atoms with van der Waals surface area (Å²) < 4.78 is 11.1. The Morgan fingerprint density at radius 3 is 2.77 bits per heavy atom. The average Bonchev–Trinajstić information content (AvgIpc) is 2.53. The van der Waals surface area contributed by atoms with E-state index < -0.39 is 6.10 Å². The SMILES string of the molecule is CC1Oc2ccccc2N(CC(=O)OC2CCCCC2)C1=O. The highest BCUT2D eigenvalue weighted by Crippen LogP contribution is 2.33. The number of amides is 1. The van der Waals surface area contributed by atoms with Gasteiger partial charge in [0, 0.05) is 0 Å². The topological polar surface area (TPSA) is 55.8 Å². The number of anilines is 1. The normalized spacial score (nSPS) is 22.0. The number of ether oxygens (including phenoxy) is 2. The van der Waals surface area contributed by atoms with Crippen LogP contribution in [0.2, 0.25) is 0 Å². The van der Waals surface area contributed by atoms with Crippen LogP contribution in [0.5, 0.6) is 5.75 Å². The number of rotatable bonds is 3. The monoisotopic (exact) mass is 303 g/mol. The number of carbonyl (C=O) groups excluding carboxylic acids is 2. The van der Waals surface area contributed by atoms with E-state index in [-0.39, 0.29) is 24.5 Å². The lowest BCUT2D eigenvalue weighted by Gasteiger charge is -2.32. The zero-order valence-electron chi connectivity index (χ0n) is 12.8. The van der Waals surface area contributed by atoms with Crippen LogP contribution < -0.4 is 9.64 Å². The van der Waals surface area contributed by atoms with Crippen LogP contribution in [-0.2, 0) is 14.3 Å². The van der Waals surface area contributed by atoms with Gasteiger partial charge < -0.3 is 9.47 Å². The molecular weight excluding hydrogens is 282 g/mol. The van der Waals surface area contributed by atoms with Gasteiger partial charge >= 0.3 is 5.97 Å². The largest absolute Gasteiger partial charge is 0.479 e. The predicted octanol–water partition coefficient (Wildman–Crippen LogP) is 2.68. The van der Waals surface area contributed by atoms with Gasteiger partial charge in [0.15, 0.2) is 6.10 Å². The summed E-state index contributed by atoms with van der Waals surface area (Å²) in [5, 5.41) is 0. The molecule has 1 saturated carbocycles. The minimum absolute atomic E-state index is 0.00469. The van der Waals surface area contributed by atoms with Gasteiger partial charge in [0.1, 0.15) is 18.4 Å². The van der Waals surface area contributed by atoms with E-state index in [2.05, 4.69) is 0 Å². The fraction of sp³-hybridized carbons (Fsp3) is 0.529. The number of hydrogen-bond acceptors (Lipinski definition) is 4. The quantitative estimate of drug-likeness (QED) is 0.806. The van der Waals surface area contributed by atoms with Crippen LogP contribution in [0.4, 0.5) is 5.69 Å². The van der Waals surface area contributed by atoms with Crippen LogP contribution in [-0.4, -0.2) is 30.6 Å². The molecule has 0 radical (unpaired) electrons. The summed E-state index contributed by atoms with van der Waals surface area (Å²) >= 11 is 0. The van der Waals surface area contributed by atoms with Crippen molar-refractivity contribution in [2.75, 3.05) is 11.4 Å². The smallest absolute Gasteiger partial charge is 0.326 e. The Hall–Kier alpha value is -2.04. The van der Waals surface area contributed by atoms with Crippen molar-refractivity contribution in [1.29, 1.82) is 0 Å². The van der Waals surface area contributed by atoms with E-state index in [1.54, 1.807) is 19.1 Å². The van der Waals surface area contributed by atoms with Crippen molar-refractivity contribution in [3.8, 4) is 5.75 Å². The van der Waals surface area contributed by atoms with Crippen LogP contribution in [0.3, 0.4) is 0 Å². The third-order valence-corrected chi connectivity index (χ3v) is 4.21. The first kappa shape index (κ1) is 14.9. The molecule has 1 unspecified atom stereocenters. The van der Waals surface area contributed by atoms with Crippen LogP contribution in [0.15, 0.2) is 24.3 Å². The van der Waals surface area contributed by atoms with E-state index in [0.717, 1.165) is 25.7 Å². The third-order valence-electron chi connectivity index (χ3n) is 4.21. The first-order valence-electron chi connectivity index (χ1n) is 7.91. The molecule has 1 aliphatic carbocycles. The van der Waals surface area contributed by atoms with E-state index >= 15 is 0 Å². The molecule has 0 spiro atoms. The molecule has 1 aromatic carbocycles. The van der Waals surface area contributed by atoms with Crippen LogP contribution in [0.25, 0.3) is 0 Å². The van der Waals surface area contributed by atoms with Gasteiger partial charge in [0.2, 0.25) is 0 Å². The van der Waals surface area contributed by atoms with E-state index in [9.17, 15) is 9.59 Å². The average molecular weight is 303 g/mol. The van der Waals surface area contributed by atoms with Crippen molar-refractivity contribution in [2.45, 2.75) is 51.2 Å². The first-order valence-corrected chi connectivity index (χ1v) is 7.91. The number of para-hydroxylation sites is 2. The van der Waals surface area contributed by atoms with Gasteiger partial charge in [0.05, 0.1) is 5.69 Å². The number of benzene rings is 1. The Balaban J connectivity index is 1.70. The lowest BCUT2D eigenvalue weighted by molar-refractivity contribution is -0.149. The molecule has 0 aromatic heterocycles. The molecular formula is C17H21NO4. The minimum Gasteiger partial charge on any atom is -0.479 e. The Bertz CT molecular complexity index is 566.